The van der Waals surface area contributed by atoms with Gasteiger partial charge in [0.15, 0.2) is 0 Å². The third-order valence-electron chi connectivity index (χ3n) is 0.849. The van der Waals surface area contributed by atoms with Crippen molar-refractivity contribution in [3.8, 4) is 0 Å². The minimum atomic E-state index is -5.06. The molecule has 4 nitrogen and oxygen atoms in total. The summed E-state index contributed by atoms with van der Waals surface area (Å²) in [6.07, 6.45) is -6.54. The van der Waals surface area contributed by atoms with E-state index in [1.54, 1.807) is 0 Å². The van der Waals surface area contributed by atoms with Crippen LogP contribution in [0.2, 0.25) is 0 Å². The van der Waals surface area contributed by atoms with Crippen molar-refractivity contribution in [2.45, 2.75) is 12.3 Å². The molecule has 0 radical (unpaired) electrons. The second-order valence-corrected chi connectivity index (χ2v) is 1.93. The zero-order valence-electron chi connectivity index (χ0n) is 5.84. The van der Waals surface area contributed by atoms with Crippen molar-refractivity contribution in [3.63, 3.8) is 0 Å². The molecule has 0 saturated carbocycles. The molecule has 74 valence electrons. The van der Waals surface area contributed by atoms with Crippen molar-refractivity contribution in [2.24, 2.45) is 0 Å². The molecule has 1 unspecified atom stereocenters. The molecule has 1 atom stereocenters. The van der Waals surface area contributed by atoms with Crippen LogP contribution >= 0.6 is 0 Å². The molecule has 0 fully saturated rings. The standard InChI is InChI=1S/C5H7F3O4.Na.H/c6-5(7,8)4(11)12-2-3(10)1-9;;/h3,9-10H,1-2H2;;. The molecule has 0 aromatic carbocycles. The number of alkyl halides is 3. The van der Waals surface area contributed by atoms with Crippen LogP contribution in [0.25, 0.3) is 0 Å². The monoisotopic (exact) mass is 212 g/mol. The SMILES string of the molecule is O=C(OCC(O)CO)C(F)(F)F.[NaH]. The van der Waals surface area contributed by atoms with Gasteiger partial charge < -0.3 is 14.9 Å². The predicted octanol–water partition coefficient (Wildman–Crippen LogP) is -1.20. The van der Waals surface area contributed by atoms with E-state index in [9.17, 15) is 18.0 Å². The Morgan fingerprint density at radius 3 is 2.23 bits per heavy atom. The molecule has 8 heteroatoms. The van der Waals surface area contributed by atoms with Gasteiger partial charge in [-0.25, -0.2) is 4.79 Å². The molecule has 0 aliphatic carbocycles. The fraction of sp³-hybridized carbons (Fsp3) is 0.800. The molecule has 0 saturated heterocycles. The molecule has 0 heterocycles. The number of rotatable bonds is 3. The number of halogens is 3. The number of carbonyl (C=O) groups is 1. The third kappa shape index (κ3) is 7.27. The number of esters is 1. The molecule has 0 rings (SSSR count). The van der Waals surface area contributed by atoms with Gasteiger partial charge >= 0.3 is 41.7 Å². The zero-order chi connectivity index (χ0) is 9.78. The number of carbonyl (C=O) groups excluding carboxylic acids is 1. The Hall–Kier alpha value is 0.180. The van der Waals surface area contributed by atoms with Crippen molar-refractivity contribution < 1.29 is 32.9 Å². The van der Waals surface area contributed by atoms with Gasteiger partial charge in [0.25, 0.3) is 0 Å². The Bertz CT molecular complexity index is 160. The van der Waals surface area contributed by atoms with Crippen LogP contribution in [0.4, 0.5) is 13.2 Å². The van der Waals surface area contributed by atoms with Crippen LogP contribution in [0.5, 0.6) is 0 Å². The fourth-order valence-electron chi connectivity index (χ4n) is 0.306. The van der Waals surface area contributed by atoms with Gasteiger partial charge in [0, 0.05) is 0 Å². The molecule has 0 aromatic rings. The summed E-state index contributed by atoms with van der Waals surface area (Å²) >= 11 is 0. The number of ether oxygens (including phenoxy) is 1. The molecule has 0 aliphatic heterocycles. The Balaban J connectivity index is 0. The molecule has 0 spiro atoms. The fourth-order valence-corrected chi connectivity index (χ4v) is 0.306. The van der Waals surface area contributed by atoms with Gasteiger partial charge in [-0.3, -0.25) is 0 Å². The van der Waals surface area contributed by atoms with Crippen LogP contribution in [0.15, 0.2) is 0 Å². The van der Waals surface area contributed by atoms with Crippen LogP contribution < -0.4 is 0 Å². The molecule has 0 amide bonds. The summed E-state index contributed by atoms with van der Waals surface area (Å²) in [6.45, 7) is -1.63. The Labute approximate surface area is 94.0 Å². The van der Waals surface area contributed by atoms with E-state index in [4.69, 9.17) is 10.2 Å². The molecular weight excluding hydrogens is 204 g/mol. The van der Waals surface area contributed by atoms with Gasteiger partial charge in [-0.2, -0.15) is 13.2 Å². The van der Waals surface area contributed by atoms with Crippen molar-refractivity contribution in [1.29, 1.82) is 0 Å². The van der Waals surface area contributed by atoms with Crippen molar-refractivity contribution >= 4 is 35.5 Å². The second kappa shape index (κ2) is 6.61. The van der Waals surface area contributed by atoms with E-state index in [0.717, 1.165) is 0 Å². The molecule has 0 bridgehead atoms. The Kier molecular flexibility index (Phi) is 7.95. The number of aliphatic hydroxyl groups excluding tert-OH is 2. The summed E-state index contributed by atoms with van der Waals surface area (Å²) in [5.41, 5.74) is 0. The summed E-state index contributed by atoms with van der Waals surface area (Å²) in [5.74, 6) is -2.38. The first-order chi connectivity index (χ1) is 5.38. The molecule has 0 aromatic heterocycles. The van der Waals surface area contributed by atoms with E-state index in [-0.39, 0.29) is 29.6 Å². The average molecular weight is 212 g/mol. The first-order valence-electron chi connectivity index (χ1n) is 2.90. The first kappa shape index (κ1) is 15.6. The Morgan fingerprint density at radius 1 is 1.46 bits per heavy atom. The van der Waals surface area contributed by atoms with Crippen molar-refractivity contribution in [1.82, 2.24) is 0 Å². The van der Waals surface area contributed by atoms with Gasteiger partial charge in [-0.15, -0.1) is 0 Å². The van der Waals surface area contributed by atoms with Gasteiger partial charge in [-0.05, 0) is 0 Å². The van der Waals surface area contributed by atoms with E-state index in [1.807, 2.05) is 0 Å². The van der Waals surface area contributed by atoms with Gasteiger partial charge in [0.2, 0.25) is 0 Å². The number of hydrogen-bond donors (Lipinski definition) is 2. The van der Waals surface area contributed by atoms with E-state index >= 15 is 0 Å². The number of hydrogen-bond acceptors (Lipinski definition) is 4. The van der Waals surface area contributed by atoms with Gasteiger partial charge in [0.1, 0.15) is 12.7 Å². The van der Waals surface area contributed by atoms with E-state index < -0.39 is 31.5 Å². The summed E-state index contributed by atoms with van der Waals surface area (Å²) in [6, 6.07) is 0. The summed E-state index contributed by atoms with van der Waals surface area (Å²) in [5, 5.41) is 16.6. The van der Waals surface area contributed by atoms with E-state index in [2.05, 4.69) is 4.74 Å². The zero-order valence-corrected chi connectivity index (χ0v) is 5.84. The summed E-state index contributed by atoms with van der Waals surface area (Å²) < 4.78 is 37.7. The summed E-state index contributed by atoms with van der Waals surface area (Å²) in [4.78, 5) is 9.94. The van der Waals surface area contributed by atoms with E-state index in [1.165, 1.54) is 0 Å². The van der Waals surface area contributed by atoms with Crippen LogP contribution in [-0.2, 0) is 9.53 Å². The van der Waals surface area contributed by atoms with Crippen molar-refractivity contribution in [3.05, 3.63) is 0 Å². The third-order valence-corrected chi connectivity index (χ3v) is 0.849. The molecule has 2 N–H and O–H groups in total. The maximum atomic E-state index is 11.4. The quantitative estimate of drug-likeness (QED) is 0.455. The van der Waals surface area contributed by atoms with Gasteiger partial charge in [0.05, 0.1) is 6.61 Å². The Morgan fingerprint density at radius 2 is 1.92 bits per heavy atom. The van der Waals surface area contributed by atoms with E-state index in [0.29, 0.717) is 0 Å². The maximum absolute atomic E-state index is 11.4. The normalized spacial score (nSPS) is 13.0. The second-order valence-electron chi connectivity index (χ2n) is 1.93. The predicted molar refractivity (Wildman–Crippen MR) is 37.3 cm³/mol. The van der Waals surface area contributed by atoms with Crippen LogP contribution in [-0.4, -0.2) is 71.2 Å². The topological polar surface area (TPSA) is 66.8 Å². The van der Waals surface area contributed by atoms with Gasteiger partial charge in [-0.1, -0.05) is 0 Å². The van der Waals surface area contributed by atoms with Crippen LogP contribution in [0.1, 0.15) is 0 Å². The van der Waals surface area contributed by atoms with Crippen molar-refractivity contribution in [2.75, 3.05) is 13.2 Å². The first-order valence-corrected chi connectivity index (χ1v) is 2.90. The molecular formula is C5H8F3NaO4. The number of aliphatic hydroxyl groups is 2. The summed E-state index contributed by atoms with van der Waals surface area (Å²) in [7, 11) is 0. The molecule has 13 heavy (non-hydrogen) atoms. The molecule has 0 aliphatic rings. The van der Waals surface area contributed by atoms with Crippen LogP contribution in [0, 0.1) is 0 Å². The average Bonchev–Trinajstić information content (AvgIpc) is 1.97. The van der Waals surface area contributed by atoms with Crippen LogP contribution in [0.3, 0.4) is 0 Å². The minimum absolute atomic E-state index is 0.